The molecule has 1 aromatic heterocycles. The number of phenols is 1. The van der Waals surface area contributed by atoms with Gasteiger partial charge in [-0.15, -0.1) is 11.3 Å². The lowest BCUT2D eigenvalue weighted by atomic mass is 10.0. The number of hydrogen-bond acceptors (Lipinski definition) is 2. The molecule has 0 unspecified atom stereocenters. The summed E-state index contributed by atoms with van der Waals surface area (Å²) in [6.07, 6.45) is 0. The second-order valence-electron chi connectivity index (χ2n) is 3.84. The third-order valence-corrected chi connectivity index (χ3v) is 3.68. The number of benzene rings is 2. The van der Waals surface area contributed by atoms with E-state index in [-0.39, 0.29) is 11.6 Å². The Morgan fingerprint density at radius 3 is 2.53 bits per heavy atom. The van der Waals surface area contributed by atoms with Gasteiger partial charge in [-0.05, 0) is 41.3 Å². The molecule has 84 valence electrons. The maximum absolute atomic E-state index is 12.9. The highest BCUT2D eigenvalue weighted by atomic mass is 32.1. The maximum Gasteiger partial charge on any atom is 0.123 e. The lowest BCUT2D eigenvalue weighted by Gasteiger charge is -2.00. The quantitative estimate of drug-likeness (QED) is 0.672. The minimum atomic E-state index is -0.240. The molecule has 0 aliphatic heterocycles. The average Bonchev–Trinajstić information content (AvgIpc) is 2.73. The van der Waals surface area contributed by atoms with E-state index in [1.54, 1.807) is 35.6 Å². The van der Waals surface area contributed by atoms with Crippen LogP contribution in [-0.4, -0.2) is 5.11 Å². The average molecular weight is 244 g/mol. The molecule has 0 radical (unpaired) electrons. The first-order valence-electron chi connectivity index (χ1n) is 5.20. The van der Waals surface area contributed by atoms with Gasteiger partial charge < -0.3 is 5.11 Å². The lowest BCUT2D eigenvalue weighted by Crippen LogP contribution is -1.77. The van der Waals surface area contributed by atoms with E-state index in [1.165, 1.54) is 12.1 Å². The SMILES string of the molecule is Oc1ccc2scc(-c3ccc(F)cc3)c2c1. The van der Waals surface area contributed by atoms with E-state index in [0.29, 0.717) is 0 Å². The fourth-order valence-corrected chi connectivity index (χ4v) is 2.82. The summed E-state index contributed by atoms with van der Waals surface area (Å²) in [5.41, 5.74) is 1.99. The van der Waals surface area contributed by atoms with Crippen molar-refractivity contribution in [2.75, 3.05) is 0 Å². The van der Waals surface area contributed by atoms with Gasteiger partial charge in [0.05, 0.1) is 0 Å². The van der Waals surface area contributed by atoms with Crippen LogP contribution in [0.2, 0.25) is 0 Å². The van der Waals surface area contributed by atoms with E-state index in [1.807, 2.05) is 11.4 Å². The molecule has 3 rings (SSSR count). The highest BCUT2D eigenvalue weighted by molar-refractivity contribution is 7.17. The standard InChI is InChI=1S/C14H9FOS/c15-10-3-1-9(2-4-10)13-8-17-14-6-5-11(16)7-12(13)14/h1-8,16H. The zero-order chi connectivity index (χ0) is 11.8. The summed E-state index contributed by atoms with van der Waals surface area (Å²) in [6.45, 7) is 0. The van der Waals surface area contributed by atoms with Crippen LogP contribution < -0.4 is 0 Å². The van der Waals surface area contributed by atoms with Crippen LogP contribution in [0.25, 0.3) is 21.2 Å². The van der Waals surface area contributed by atoms with E-state index < -0.39 is 0 Å². The second-order valence-corrected chi connectivity index (χ2v) is 4.75. The predicted molar refractivity (Wildman–Crippen MR) is 68.9 cm³/mol. The molecule has 0 aliphatic carbocycles. The molecule has 1 N–H and O–H groups in total. The molecule has 1 nitrogen and oxygen atoms in total. The van der Waals surface area contributed by atoms with Gasteiger partial charge in [0, 0.05) is 15.6 Å². The van der Waals surface area contributed by atoms with E-state index in [4.69, 9.17) is 0 Å². The smallest absolute Gasteiger partial charge is 0.123 e. The molecule has 3 heteroatoms. The van der Waals surface area contributed by atoms with Gasteiger partial charge in [0.1, 0.15) is 11.6 Å². The number of fused-ring (bicyclic) bond motifs is 1. The van der Waals surface area contributed by atoms with Crippen LogP contribution in [0.4, 0.5) is 4.39 Å². The molecular formula is C14H9FOS. The largest absolute Gasteiger partial charge is 0.508 e. The Morgan fingerprint density at radius 2 is 1.76 bits per heavy atom. The molecule has 17 heavy (non-hydrogen) atoms. The number of rotatable bonds is 1. The summed E-state index contributed by atoms with van der Waals surface area (Å²) in [6, 6.07) is 11.7. The van der Waals surface area contributed by atoms with Gasteiger partial charge in [0.2, 0.25) is 0 Å². The van der Waals surface area contributed by atoms with Crippen LogP contribution in [0, 0.1) is 5.82 Å². The third kappa shape index (κ3) is 1.78. The van der Waals surface area contributed by atoms with Crippen molar-refractivity contribution in [3.8, 4) is 16.9 Å². The van der Waals surface area contributed by atoms with Gasteiger partial charge in [-0.25, -0.2) is 4.39 Å². The van der Waals surface area contributed by atoms with Gasteiger partial charge in [0.15, 0.2) is 0 Å². The summed E-state index contributed by atoms with van der Waals surface area (Å²) in [5.74, 6) is 0.00962. The molecule has 0 bridgehead atoms. The molecule has 2 aromatic carbocycles. The topological polar surface area (TPSA) is 20.2 Å². The summed E-state index contributed by atoms with van der Waals surface area (Å²) in [4.78, 5) is 0. The van der Waals surface area contributed by atoms with Gasteiger partial charge in [-0.1, -0.05) is 12.1 Å². The molecule has 1 heterocycles. The first-order chi connectivity index (χ1) is 8.24. The van der Waals surface area contributed by atoms with E-state index in [9.17, 15) is 9.50 Å². The maximum atomic E-state index is 12.9. The van der Waals surface area contributed by atoms with Crippen molar-refractivity contribution in [1.82, 2.24) is 0 Å². The predicted octanol–water partition coefficient (Wildman–Crippen LogP) is 4.41. The third-order valence-electron chi connectivity index (χ3n) is 2.71. The fourth-order valence-electron chi connectivity index (χ4n) is 1.87. The molecule has 3 aromatic rings. The Kier molecular flexibility index (Phi) is 2.34. The van der Waals surface area contributed by atoms with Crippen molar-refractivity contribution in [2.45, 2.75) is 0 Å². The van der Waals surface area contributed by atoms with E-state index in [0.717, 1.165) is 21.2 Å². The molecule has 0 spiro atoms. The summed E-state index contributed by atoms with van der Waals surface area (Å²) in [5, 5.41) is 12.5. The summed E-state index contributed by atoms with van der Waals surface area (Å²) in [7, 11) is 0. The van der Waals surface area contributed by atoms with Gasteiger partial charge >= 0.3 is 0 Å². The zero-order valence-electron chi connectivity index (χ0n) is 8.85. The van der Waals surface area contributed by atoms with Crippen LogP contribution in [0.15, 0.2) is 47.8 Å². The minimum absolute atomic E-state index is 0.240. The van der Waals surface area contributed by atoms with Crippen LogP contribution in [0.3, 0.4) is 0 Å². The lowest BCUT2D eigenvalue weighted by molar-refractivity contribution is 0.476. The second kappa shape index (κ2) is 3.86. The molecule has 0 saturated heterocycles. The zero-order valence-corrected chi connectivity index (χ0v) is 9.67. The molecule has 0 atom stereocenters. The molecule has 0 fully saturated rings. The number of hydrogen-bond donors (Lipinski definition) is 1. The molecule has 0 saturated carbocycles. The van der Waals surface area contributed by atoms with Crippen molar-refractivity contribution in [1.29, 1.82) is 0 Å². The first-order valence-corrected chi connectivity index (χ1v) is 6.08. The number of aromatic hydroxyl groups is 1. The Labute approximate surface area is 102 Å². The minimum Gasteiger partial charge on any atom is -0.508 e. The molecular weight excluding hydrogens is 235 g/mol. The van der Waals surface area contributed by atoms with Crippen LogP contribution in [-0.2, 0) is 0 Å². The monoisotopic (exact) mass is 244 g/mol. The Hall–Kier alpha value is -1.87. The molecule has 0 aliphatic rings. The number of thiophene rings is 1. The van der Waals surface area contributed by atoms with Crippen LogP contribution in [0.1, 0.15) is 0 Å². The fraction of sp³-hybridized carbons (Fsp3) is 0. The van der Waals surface area contributed by atoms with Crippen LogP contribution >= 0.6 is 11.3 Å². The number of phenolic OH excluding ortho intramolecular Hbond substituents is 1. The van der Waals surface area contributed by atoms with E-state index >= 15 is 0 Å². The van der Waals surface area contributed by atoms with Gasteiger partial charge in [-0.2, -0.15) is 0 Å². The van der Waals surface area contributed by atoms with Crippen molar-refractivity contribution in [2.24, 2.45) is 0 Å². The van der Waals surface area contributed by atoms with Gasteiger partial charge in [-0.3, -0.25) is 0 Å². The van der Waals surface area contributed by atoms with Crippen molar-refractivity contribution < 1.29 is 9.50 Å². The highest BCUT2D eigenvalue weighted by Gasteiger charge is 2.07. The first kappa shape index (κ1) is 10.3. The highest BCUT2D eigenvalue weighted by Crippen LogP contribution is 2.35. The van der Waals surface area contributed by atoms with Crippen molar-refractivity contribution in [3.05, 3.63) is 53.7 Å². The van der Waals surface area contributed by atoms with Crippen molar-refractivity contribution in [3.63, 3.8) is 0 Å². The normalized spacial score (nSPS) is 10.9. The number of halogens is 1. The summed E-state index contributed by atoms with van der Waals surface area (Å²) >= 11 is 1.62. The van der Waals surface area contributed by atoms with Gasteiger partial charge in [0.25, 0.3) is 0 Å². The summed E-state index contributed by atoms with van der Waals surface area (Å²) < 4.78 is 14.0. The molecule has 0 amide bonds. The van der Waals surface area contributed by atoms with Crippen LogP contribution in [0.5, 0.6) is 5.75 Å². The Bertz CT molecular complexity index is 670. The van der Waals surface area contributed by atoms with Crippen molar-refractivity contribution >= 4 is 21.4 Å². The Morgan fingerprint density at radius 1 is 1.00 bits per heavy atom. The Balaban J connectivity index is 2.23. The van der Waals surface area contributed by atoms with E-state index in [2.05, 4.69) is 0 Å².